The third kappa shape index (κ3) is 2.57. The van der Waals surface area contributed by atoms with Crippen LogP contribution in [-0.2, 0) is 6.54 Å². The van der Waals surface area contributed by atoms with E-state index in [1.165, 1.54) is 10.9 Å². The maximum Gasteiger partial charge on any atom is 0.335 e. The van der Waals surface area contributed by atoms with E-state index in [1.54, 1.807) is 12.1 Å². The van der Waals surface area contributed by atoms with Gasteiger partial charge in [-0.1, -0.05) is 24.3 Å². The van der Waals surface area contributed by atoms with Crippen LogP contribution >= 0.6 is 0 Å². The summed E-state index contributed by atoms with van der Waals surface area (Å²) in [5.74, 6) is -0.882. The van der Waals surface area contributed by atoms with Gasteiger partial charge in [0, 0.05) is 28.4 Å². The first-order valence-electron chi connectivity index (χ1n) is 7.47. The van der Waals surface area contributed by atoms with Gasteiger partial charge in [0.2, 0.25) is 0 Å². The lowest BCUT2D eigenvalue weighted by Crippen LogP contribution is -2.15. The Bertz CT molecular complexity index is 834. The van der Waals surface area contributed by atoms with E-state index in [4.69, 9.17) is 0 Å². The first-order valence-corrected chi connectivity index (χ1v) is 7.47. The van der Waals surface area contributed by atoms with Gasteiger partial charge in [-0.05, 0) is 45.3 Å². The van der Waals surface area contributed by atoms with E-state index in [-0.39, 0.29) is 0 Å². The Morgan fingerprint density at radius 3 is 2.55 bits per heavy atom. The molecule has 0 fully saturated rings. The maximum absolute atomic E-state index is 11.3. The van der Waals surface area contributed by atoms with Crippen molar-refractivity contribution in [3.63, 3.8) is 0 Å². The summed E-state index contributed by atoms with van der Waals surface area (Å²) in [6.07, 6.45) is 1.03. The van der Waals surface area contributed by atoms with Gasteiger partial charge in [-0.3, -0.25) is 0 Å². The average Bonchev–Trinajstić information content (AvgIpc) is 2.81. The summed E-state index contributed by atoms with van der Waals surface area (Å²) in [6.45, 7) is 1.89. The number of aromatic carboxylic acids is 1. The highest BCUT2D eigenvalue weighted by atomic mass is 16.4. The quantitative estimate of drug-likeness (QED) is 0.784. The van der Waals surface area contributed by atoms with Crippen LogP contribution in [0.5, 0.6) is 0 Å². The van der Waals surface area contributed by atoms with Crippen molar-refractivity contribution in [2.24, 2.45) is 0 Å². The molecule has 0 amide bonds. The van der Waals surface area contributed by atoms with E-state index >= 15 is 0 Å². The normalized spacial score (nSPS) is 11.6. The van der Waals surface area contributed by atoms with Crippen molar-refractivity contribution in [2.45, 2.75) is 13.0 Å². The molecule has 4 heteroatoms. The minimum absolute atomic E-state index is 0.337. The molecule has 0 saturated carbocycles. The fraction of sp³-hybridized carbons (Fsp3) is 0.278. The fourth-order valence-corrected chi connectivity index (χ4v) is 2.97. The SMILES string of the molecule is CN(C)CCCn1c2ccccc2c2ccc(C(=O)O)cc21. The van der Waals surface area contributed by atoms with Gasteiger partial charge in [-0.25, -0.2) is 4.79 Å². The van der Waals surface area contributed by atoms with Crippen molar-refractivity contribution in [3.8, 4) is 0 Å². The molecule has 0 radical (unpaired) electrons. The number of fused-ring (bicyclic) bond motifs is 3. The van der Waals surface area contributed by atoms with Crippen molar-refractivity contribution >= 4 is 27.8 Å². The summed E-state index contributed by atoms with van der Waals surface area (Å²) in [6, 6.07) is 13.6. The van der Waals surface area contributed by atoms with E-state index in [1.807, 2.05) is 18.2 Å². The lowest BCUT2D eigenvalue weighted by Gasteiger charge is -2.11. The molecular formula is C18H20N2O2. The van der Waals surface area contributed by atoms with Gasteiger partial charge in [-0.2, -0.15) is 0 Å². The number of carbonyl (C=O) groups is 1. The van der Waals surface area contributed by atoms with Gasteiger partial charge in [0.15, 0.2) is 0 Å². The number of benzene rings is 2. The summed E-state index contributed by atoms with van der Waals surface area (Å²) in [7, 11) is 4.13. The molecule has 0 aliphatic heterocycles. The first kappa shape index (κ1) is 14.6. The molecule has 1 heterocycles. The number of carboxylic acid groups (broad SMARTS) is 1. The topological polar surface area (TPSA) is 45.5 Å². The van der Waals surface area contributed by atoms with E-state index in [0.29, 0.717) is 5.56 Å². The smallest absolute Gasteiger partial charge is 0.335 e. The van der Waals surface area contributed by atoms with Crippen LogP contribution in [0.3, 0.4) is 0 Å². The van der Waals surface area contributed by atoms with Gasteiger partial charge < -0.3 is 14.6 Å². The Morgan fingerprint density at radius 1 is 1.09 bits per heavy atom. The summed E-state index contributed by atoms with van der Waals surface area (Å²) in [5.41, 5.74) is 2.50. The second kappa shape index (κ2) is 5.81. The zero-order valence-corrected chi connectivity index (χ0v) is 12.9. The Morgan fingerprint density at radius 2 is 1.82 bits per heavy atom. The monoisotopic (exact) mass is 296 g/mol. The molecule has 3 aromatic rings. The van der Waals surface area contributed by atoms with Crippen molar-refractivity contribution in [3.05, 3.63) is 48.0 Å². The van der Waals surface area contributed by atoms with Crippen molar-refractivity contribution in [2.75, 3.05) is 20.6 Å². The predicted octanol–water partition coefficient (Wildman–Crippen LogP) is 3.44. The minimum Gasteiger partial charge on any atom is -0.478 e. The van der Waals surface area contributed by atoms with Crippen LogP contribution in [0.15, 0.2) is 42.5 Å². The molecule has 0 unspecified atom stereocenters. The Hall–Kier alpha value is -2.33. The zero-order chi connectivity index (χ0) is 15.7. The molecule has 4 nitrogen and oxygen atoms in total. The van der Waals surface area contributed by atoms with Crippen LogP contribution in [0.1, 0.15) is 16.8 Å². The van der Waals surface area contributed by atoms with Gasteiger partial charge in [0.25, 0.3) is 0 Å². The fourth-order valence-electron chi connectivity index (χ4n) is 2.97. The van der Waals surface area contributed by atoms with Gasteiger partial charge in [0.1, 0.15) is 0 Å². The third-order valence-corrected chi connectivity index (χ3v) is 4.01. The molecule has 0 aliphatic carbocycles. The lowest BCUT2D eigenvalue weighted by atomic mass is 10.1. The molecule has 0 saturated heterocycles. The number of rotatable bonds is 5. The summed E-state index contributed by atoms with van der Waals surface area (Å²) < 4.78 is 2.24. The van der Waals surface area contributed by atoms with Gasteiger partial charge in [-0.15, -0.1) is 0 Å². The van der Waals surface area contributed by atoms with Crippen molar-refractivity contribution < 1.29 is 9.90 Å². The van der Waals surface area contributed by atoms with Crippen LogP contribution in [0.2, 0.25) is 0 Å². The van der Waals surface area contributed by atoms with Crippen LogP contribution < -0.4 is 0 Å². The lowest BCUT2D eigenvalue weighted by molar-refractivity contribution is 0.0697. The number of carboxylic acids is 1. The van der Waals surface area contributed by atoms with Crippen LogP contribution in [0.25, 0.3) is 21.8 Å². The molecule has 0 aliphatic rings. The minimum atomic E-state index is -0.882. The molecule has 0 bridgehead atoms. The Labute approximate surface area is 129 Å². The third-order valence-electron chi connectivity index (χ3n) is 4.01. The van der Waals surface area contributed by atoms with Crippen LogP contribution in [0, 0.1) is 0 Å². The second-order valence-electron chi connectivity index (χ2n) is 5.86. The number of aromatic nitrogens is 1. The molecule has 0 atom stereocenters. The Kier molecular flexibility index (Phi) is 3.86. The summed E-state index contributed by atoms with van der Waals surface area (Å²) in [4.78, 5) is 13.4. The van der Waals surface area contributed by atoms with Gasteiger partial charge in [0.05, 0.1) is 5.56 Å². The molecule has 114 valence electrons. The summed E-state index contributed by atoms with van der Waals surface area (Å²) >= 11 is 0. The molecule has 0 spiro atoms. The molecule has 1 N–H and O–H groups in total. The number of para-hydroxylation sites is 1. The van der Waals surface area contributed by atoms with Crippen LogP contribution in [0.4, 0.5) is 0 Å². The molecule has 1 aromatic heterocycles. The van der Waals surface area contributed by atoms with Crippen LogP contribution in [-0.4, -0.2) is 41.2 Å². The Balaban J connectivity index is 2.15. The first-order chi connectivity index (χ1) is 10.6. The highest BCUT2D eigenvalue weighted by molar-refractivity contribution is 6.09. The van der Waals surface area contributed by atoms with E-state index in [0.717, 1.165) is 30.4 Å². The number of aryl methyl sites for hydroxylation is 1. The number of hydrogen-bond donors (Lipinski definition) is 1. The van der Waals surface area contributed by atoms with Crippen molar-refractivity contribution in [1.29, 1.82) is 0 Å². The average molecular weight is 296 g/mol. The molecule has 2 aromatic carbocycles. The predicted molar refractivity (Wildman–Crippen MR) is 89.6 cm³/mol. The molecule has 22 heavy (non-hydrogen) atoms. The number of hydrogen-bond acceptors (Lipinski definition) is 2. The van der Waals surface area contributed by atoms with E-state index in [9.17, 15) is 9.90 Å². The van der Waals surface area contributed by atoms with Crippen molar-refractivity contribution in [1.82, 2.24) is 9.47 Å². The molecular weight excluding hydrogens is 276 g/mol. The zero-order valence-electron chi connectivity index (χ0n) is 12.9. The number of nitrogens with zero attached hydrogens (tertiary/aromatic N) is 2. The highest BCUT2D eigenvalue weighted by Gasteiger charge is 2.12. The van der Waals surface area contributed by atoms with E-state index in [2.05, 4.69) is 35.7 Å². The largest absolute Gasteiger partial charge is 0.478 e. The summed E-state index contributed by atoms with van der Waals surface area (Å²) in [5, 5.41) is 11.5. The highest BCUT2D eigenvalue weighted by Crippen LogP contribution is 2.29. The van der Waals surface area contributed by atoms with Gasteiger partial charge >= 0.3 is 5.97 Å². The maximum atomic E-state index is 11.3. The second-order valence-corrected chi connectivity index (χ2v) is 5.86. The molecule has 3 rings (SSSR count). The van der Waals surface area contributed by atoms with E-state index < -0.39 is 5.97 Å². The standard InChI is InChI=1S/C18H20N2O2/c1-19(2)10-5-11-20-16-7-4-3-6-14(16)15-9-8-13(18(21)22)12-17(15)20/h3-4,6-9,12H,5,10-11H2,1-2H3,(H,21,22).